The van der Waals surface area contributed by atoms with Gasteiger partial charge in [-0.1, -0.05) is 0 Å². The van der Waals surface area contributed by atoms with E-state index in [2.05, 4.69) is 5.32 Å². The molecule has 0 saturated carbocycles. The van der Waals surface area contributed by atoms with Gasteiger partial charge in [0.25, 0.3) is 0 Å². The van der Waals surface area contributed by atoms with Crippen LogP contribution in [-0.2, 0) is 6.54 Å². The molecule has 0 spiro atoms. The monoisotopic (exact) mass is 288 g/mol. The highest BCUT2D eigenvalue weighted by atomic mass is 16.5. The fraction of sp³-hybridized carbons (Fsp3) is 0.267. The van der Waals surface area contributed by atoms with Gasteiger partial charge in [-0.15, -0.1) is 0 Å². The summed E-state index contributed by atoms with van der Waals surface area (Å²) in [6.07, 6.45) is 0. The van der Waals surface area contributed by atoms with Gasteiger partial charge in [0.05, 0.1) is 27.9 Å². The number of nitrogens with one attached hydrogen (secondary N) is 1. The number of methoxy groups -OCH3 is 3. The standard InChI is InChI=1S/C15H16N2O4/c1-18-13-6-10(7-14(19-2)15(13)20-3)17-9-12-5-4-11(8-16)21-12/h4-7,17H,9H2,1-3H3. The van der Waals surface area contributed by atoms with Crippen molar-refractivity contribution in [2.75, 3.05) is 26.6 Å². The Bertz CT molecular complexity index is 633. The van der Waals surface area contributed by atoms with E-state index in [0.717, 1.165) is 5.69 Å². The van der Waals surface area contributed by atoms with E-state index in [9.17, 15) is 0 Å². The van der Waals surface area contributed by atoms with Gasteiger partial charge in [0, 0.05) is 17.8 Å². The lowest BCUT2D eigenvalue weighted by molar-refractivity contribution is 0.324. The van der Waals surface area contributed by atoms with Crippen molar-refractivity contribution in [3.05, 3.63) is 35.8 Å². The number of nitrogens with zero attached hydrogens (tertiary/aromatic N) is 1. The van der Waals surface area contributed by atoms with Gasteiger partial charge < -0.3 is 23.9 Å². The normalized spacial score (nSPS) is 9.81. The molecule has 2 rings (SSSR count). The maximum absolute atomic E-state index is 8.72. The van der Waals surface area contributed by atoms with Gasteiger partial charge in [-0.05, 0) is 12.1 Å². The van der Waals surface area contributed by atoms with E-state index < -0.39 is 0 Å². The number of hydrogen-bond acceptors (Lipinski definition) is 6. The van der Waals surface area contributed by atoms with Gasteiger partial charge in [-0.3, -0.25) is 0 Å². The molecule has 6 nitrogen and oxygen atoms in total. The van der Waals surface area contributed by atoms with Crippen LogP contribution in [0.3, 0.4) is 0 Å². The van der Waals surface area contributed by atoms with Crippen LogP contribution in [0.4, 0.5) is 5.69 Å². The molecule has 0 aliphatic carbocycles. The van der Waals surface area contributed by atoms with Crippen molar-refractivity contribution in [3.63, 3.8) is 0 Å². The lowest BCUT2D eigenvalue weighted by atomic mass is 10.2. The van der Waals surface area contributed by atoms with E-state index in [1.165, 1.54) is 0 Å². The van der Waals surface area contributed by atoms with Crippen LogP contribution in [0.25, 0.3) is 0 Å². The lowest BCUT2D eigenvalue weighted by Gasteiger charge is -2.14. The molecule has 0 saturated heterocycles. The summed E-state index contributed by atoms with van der Waals surface area (Å²) in [7, 11) is 4.68. The average molecular weight is 288 g/mol. The molecule has 0 aliphatic heterocycles. The highest BCUT2D eigenvalue weighted by Crippen LogP contribution is 2.39. The summed E-state index contributed by atoms with van der Waals surface area (Å²) in [5, 5.41) is 11.9. The number of anilines is 1. The van der Waals surface area contributed by atoms with E-state index in [0.29, 0.717) is 29.6 Å². The zero-order valence-electron chi connectivity index (χ0n) is 12.1. The maximum Gasteiger partial charge on any atom is 0.203 e. The Morgan fingerprint density at radius 2 is 1.76 bits per heavy atom. The van der Waals surface area contributed by atoms with Crippen molar-refractivity contribution in [1.29, 1.82) is 5.26 Å². The van der Waals surface area contributed by atoms with Crippen molar-refractivity contribution in [1.82, 2.24) is 0 Å². The Morgan fingerprint density at radius 1 is 1.10 bits per heavy atom. The molecule has 0 radical (unpaired) electrons. The van der Waals surface area contributed by atoms with Crippen molar-refractivity contribution in [2.24, 2.45) is 0 Å². The summed E-state index contributed by atoms with van der Waals surface area (Å²) in [6.45, 7) is 0.445. The van der Waals surface area contributed by atoms with E-state index in [1.54, 1.807) is 45.6 Å². The number of rotatable bonds is 6. The fourth-order valence-corrected chi connectivity index (χ4v) is 1.91. The minimum atomic E-state index is 0.289. The first kappa shape index (κ1) is 14.6. The van der Waals surface area contributed by atoms with Crippen molar-refractivity contribution >= 4 is 5.69 Å². The zero-order valence-corrected chi connectivity index (χ0v) is 12.1. The summed E-state index contributed by atoms with van der Waals surface area (Å²) in [6, 6.07) is 8.93. The SMILES string of the molecule is COc1cc(NCc2ccc(C#N)o2)cc(OC)c1OC. The minimum absolute atomic E-state index is 0.289. The number of ether oxygens (including phenoxy) is 3. The Labute approximate surface area is 122 Å². The Hall–Kier alpha value is -2.81. The first-order valence-corrected chi connectivity index (χ1v) is 6.24. The highest BCUT2D eigenvalue weighted by Gasteiger charge is 2.13. The van der Waals surface area contributed by atoms with Crippen LogP contribution in [0.2, 0.25) is 0 Å². The maximum atomic E-state index is 8.72. The molecule has 2 aromatic rings. The molecule has 21 heavy (non-hydrogen) atoms. The molecule has 1 heterocycles. The zero-order chi connectivity index (χ0) is 15.2. The van der Waals surface area contributed by atoms with Crippen LogP contribution in [0.15, 0.2) is 28.7 Å². The van der Waals surface area contributed by atoms with Gasteiger partial charge in [0.15, 0.2) is 11.5 Å². The third-order valence-electron chi connectivity index (χ3n) is 2.90. The van der Waals surface area contributed by atoms with E-state index in [4.69, 9.17) is 23.9 Å². The van der Waals surface area contributed by atoms with Crippen LogP contribution in [0.1, 0.15) is 11.5 Å². The second-order valence-electron chi connectivity index (χ2n) is 4.15. The number of hydrogen-bond donors (Lipinski definition) is 1. The van der Waals surface area contributed by atoms with Gasteiger partial charge >= 0.3 is 0 Å². The molecule has 0 aliphatic rings. The molecule has 0 bridgehead atoms. The average Bonchev–Trinajstić information content (AvgIpc) is 2.99. The van der Waals surface area contributed by atoms with E-state index in [-0.39, 0.29) is 5.76 Å². The lowest BCUT2D eigenvalue weighted by Crippen LogP contribution is -2.01. The Morgan fingerprint density at radius 3 is 2.24 bits per heavy atom. The van der Waals surface area contributed by atoms with Crippen LogP contribution < -0.4 is 19.5 Å². The van der Waals surface area contributed by atoms with E-state index >= 15 is 0 Å². The summed E-state index contributed by atoms with van der Waals surface area (Å²) in [5.74, 6) is 2.63. The number of benzene rings is 1. The van der Waals surface area contributed by atoms with Crippen LogP contribution in [0, 0.1) is 11.3 Å². The fourth-order valence-electron chi connectivity index (χ4n) is 1.91. The molecular weight excluding hydrogens is 272 g/mol. The first-order chi connectivity index (χ1) is 10.2. The Kier molecular flexibility index (Phi) is 4.57. The molecule has 1 aromatic heterocycles. The third kappa shape index (κ3) is 3.20. The molecule has 0 atom stereocenters. The predicted octanol–water partition coefficient (Wildman–Crippen LogP) is 2.79. The molecule has 6 heteroatoms. The predicted molar refractivity (Wildman–Crippen MR) is 76.8 cm³/mol. The third-order valence-corrected chi connectivity index (χ3v) is 2.90. The second kappa shape index (κ2) is 6.57. The van der Waals surface area contributed by atoms with Crippen LogP contribution in [0.5, 0.6) is 17.2 Å². The smallest absolute Gasteiger partial charge is 0.203 e. The molecule has 110 valence electrons. The molecular formula is C15H16N2O4. The number of furan rings is 1. The van der Waals surface area contributed by atoms with Gasteiger partial charge in [-0.25, -0.2) is 0 Å². The second-order valence-corrected chi connectivity index (χ2v) is 4.15. The molecule has 1 aromatic carbocycles. The first-order valence-electron chi connectivity index (χ1n) is 6.24. The Balaban J connectivity index is 2.18. The summed E-state index contributed by atoms with van der Waals surface area (Å²) in [4.78, 5) is 0. The minimum Gasteiger partial charge on any atom is -0.493 e. The molecule has 1 N–H and O–H groups in total. The molecule has 0 amide bonds. The van der Waals surface area contributed by atoms with Gasteiger partial charge in [-0.2, -0.15) is 5.26 Å². The number of nitriles is 1. The van der Waals surface area contributed by atoms with Gasteiger partial charge in [0.1, 0.15) is 11.8 Å². The summed E-state index contributed by atoms with van der Waals surface area (Å²) >= 11 is 0. The molecule has 0 fully saturated rings. The summed E-state index contributed by atoms with van der Waals surface area (Å²) < 4.78 is 21.1. The van der Waals surface area contributed by atoms with Crippen molar-refractivity contribution in [2.45, 2.75) is 6.54 Å². The van der Waals surface area contributed by atoms with Crippen molar-refractivity contribution in [3.8, 4) is 23.3 Å². The van der Waals surface area contributed by atoms with Crippen LogP contribution in [-0.4, -0.2) is 21.3 Å². The quantitative estimate of drug-likeness (QED) is 0.880. The van der Waals surface area contributed by atoms with Crippen LogP contribution >= 0.6 is 0 Å². The van der Waals surface area contributed by atoms with Crippen molar-refractivity contribution < 1.29 is 18.6 Å². The highest BCUT2D eigenvalue weighted by molar-refractivity contribution is 5.62. The summed E-state index contributed by atoms with van der Waals surface area (Å²) in [5.41, 5.74) is 0.791. The van der Waals surface area contributed by atoms with E-state index in [1.807, 2.05) is 6.07 Å². The topological polar surface area (TPSA) is 76.7 Å². The van der Waals surface area contributed by atoms with Gasteiger partial charge in [0.2, 0.25) is 11.5 Å². The largest absolute Gasteiger partial charge is 0.493 e. The molecule has 0 unspecified atom stereocenters.